The zero-order chi connectivity index (χ0) is 10.8. The number of rotatable bonds is 3. The summed E-state index contributed by atoms with van der Waals surface area (Å²) in [5, 5.41) is 4.42. The van der Waals surface area contributed by atoms with E-state index in [1.807, 2.05) is 36.8 Å². The van der Waals surface area contributed by atoms with Crippen LogP contribution < -0.4 is 0 Å². The minimum atomic E-state index is 0.876. The second kappa shape index (κ2) is 4.28. The van der Waals surface area contributed by atoms with Crippen molar-refractivity contribution in [3.8, 4) is 0 Å². The number of fused-ring (bicyclic) bond motifs is 1. The molecule has 0 radical (unpaired) electrons. The Labute approximate surface area is 97.0 Å². The van der Waals surface area contributed by atoms with E-state index in [1.54, 1.807) is 0 Å². The molecule has 0 aliphatic heterocycles. The predicted octanol–water partition coefficient (Wildman–Crippen LogP) is 1.60. The predicted molar refractivity (Wildman–Crippen MR) is 62.9 cm³/mol. The van der Waals surface area contributed by atoms with Crippen LogP contribution in [0.5, 0.6) is 0 Å². The molecule has 0 aromatic carbocycles. The van der Waals surface area contributed by atoms with Crippen LogP contribution in [-0.4, -0.2) is 40.1 Å². The number of halogens is 1. The number of hydrogen-bond donors (Lipinski definition) is 0. The number of pyridine rings is 1. The lowest BCUT2D eigenvalue weighted by Gasteiger charge is -2.05. The molecule has 0 saturated heterocycles. The third-order valence-electron chi connectivity index (χ3n) is 2.14. The van der Waals surface area contributed by atoms with Gasteiger partial charge < -0.3 is 4.90 Å². The van der Waals surface area contributed by atoms with E-state index in [-0.39, 0.29) is 0 Å². The van der Waals surface area contributed by atoms with Crippen LogP contribution in [0.1, 0.15) is 5.82 Å². The van der Waals surface area contributed by atoms with Crippen molar-refractivity contribution in [2.75, 3.05) is 20.6 Å². The highest BCUT2D eigenvalue weighted by Gasteiger charge is 2.05. The molecule has 0 amide bonds. The summed E-state index contributed by atoms with van der Waals surface area (Å²) in [4.78, 5) is 6.57. The molecule has 0 saturated carbocycles. The van der Waals surface area contributed by atoms with Crippen molar-refractivity contribution < 1.29 is 0 Å². The molecule has 2 aromatic heterocycles. The summed E-state index contributed by atoms with van der Waals surface area (Å²) in [5.74, 6) is 0.885. The van der Waals surface area contributed by atoms with Crippen molar-refractivity contribution in [1.82, 2.24) is 19.5 Å². The number of hydrogen-bond acceptors (Lipinski definition) is 3. The Balaban J connectivity index is 2.27. The van der Waals surface area contributed by atoms with E-state index in [1.165, 1.54) is 0 Å². The first-order chi connectivity index (χ1) is 7.16. The van der Waals surface area contributed by atoms with Gasteiger partial charge in [-0.1, -0.05) is 6.07 Å². The summed E-state index contributed by atoms with van der Waals surface area (Å²) >= 11 is 3.44. The van der Waals surface area contributed by atoms with Crippen molar-refractivity contribution in [3.63, 3.8) is 0 Å². The molecule has 0 spiro atoms. The van der Waals surface area contributed by atoms with E-state index in [9.17, 15) is 0 Å². The molecule has 0 N–H and O–H groups in total. The van der Waals surface area contributed by atoms with E-state index in [4.69, 9.17) is 0 Å². The molecule has 0 atom stereocenters. The standard InChI is InChI=1S/C10H13BrN4/c1-14(2)7-6-9-12-10-5-3-4-8(11)15(10)13-9/h3-5H,6-7H2,1-2H3. The molecule has 80 valence electrons. The van der Waals surface area contributed by atoms with Crippen molar-refractivity contribution in [3.05, 3.63) is 28.6 Å². The van der Waals surface area contributed by atoms with Crippen LogP contribution in [0.4, 0.5) is 0 Å². The number of nitrogens with zero attached hydrogens (tertiary/aromatic N) is 4. The van der Waals surface area contributed by atoms with E-state index >= 15 is 0 Å². The first kappa shape index (κ1) is 10.6. The average molecular weight is 269 g/mol. The van der Waals surface area contributed by atoms with Crippen LogP contribution in [0.2, 0.25) is 0 Å². The fourth-order valence-electron chi connectivity index (χ4n) is 1.35. The van der Waals surface area contributed by atoms with Gasteiger partial charge in [0.15, 0.2) is 11.5 Å². The smallest absolute Gasteiger partial charge is 0.156 e. The fourth-order valence-corrected chi connectivity index (χ4v) is 1.76. The molecule has 15 heavy (non-hydrogen) atoms. The third-order valence-corrected chi connectivity index (χ3v) is 2.74. The van der Waals surface area contributed by atoms with Gasteiger partial charge in [-0.2, -0.15) is 5.10 Å². The lowest BCUT2D eigenvalue weighted by molar-refractivity contribution is 0.409. The second-order valence-corrected chi connectivity index (χ2v) is 4.51. The molecule has 2 rings (SSSR count). The topological polar surface area (TPSA) is 33.4 Å². The van der Waals surface area contributed by atoms with Gasteiger partial charge in [0, 0.05) is 13.0 Å². The molecule has 0 aliphatic carbocycles. The van der Waals surface area contributed by atoms with Gasteiger partial charge in [0.1, 0.15) is 4.60 Å². The first-order valence-corrected chi connectivity index (χ1v) is 5.61. The summed E-state index contributed by atoms with van der Waals surface area (Å²) in [6.07, 6.45) is 0.876. The Morgan fingerprint density at radius 2 is 2.20 bits per heavy atom. The quantitative estimate of drug-likeness (QED) is 0.793. The second-order valence-electron chi connectivity index (χ2n) is 3.70. The minimum absolute atomic E-state index is 0.876. The molecule has 0 bridgehead atoms. The Hall–Kier alpha value is -0.940. The van der Waals surface area contributed by atoms with Gasteiger partial charge in [0.25, 0.3) is 0 Å². The highest BCUT2D eigenvalue weighted by molar-refractivity contribution is 9.10. The lowest BCUT2D eigenvalue weighted by Crippen LogP contribution is -2.15. The average Bonchev–Trinajstić information content (AvgIpc) is 2.59. The third kappa shape index (κ3) is 2.35. The molecular formula is C10H13BrN4. The molecular weight excluding hydrogens is 256 g/mol. The number of aromatic nitrogens is 3. The summed E-state index contributed by atoms with van der Waals surface area (Å²) in [7, 11) is 4.09. The van der Waals surface area contributed by atoms with Crippen molar-refractivity contribution in [2.45, 2.75) is 6.42 Å². The van der Waals surface area contributed by atoms with Crippen molar-refractivity contribution in [1.29, 1.82) is 0 Å². The lowest BCUT2D eigenvalue weighted by atomic mass is 10.4. The Bertz CT molecular complexity index is 463. The zero-order valence-corrected chi connectivity index (χ0v) is 10.4. The minimum Gasteiger partial charge on any atom is -0.309 e. The van der Waals surface area contributed by atoms with Gasteiger partial charge in [-0.25, -0.2) is 9.50 Å². The molecule has 0 aliphatic rings. The van der Waals surface area contributed by atoms with Crippen LogP contribution in [-0.2, 0) is 6.42 Å². The normalized spacial score (nSPS) is 11.5. The van der Waals surface area contributed by atoms with Crippen LogP contribution in [0.25, 0.3) is 5.65 Å². The largest absolute Gasteiger partial charge is 0.309 e. The van der Waals surface area contributed by atoms with E-state index < -0.39 is 0 Å². The van der Waals surface area contributed by atoms with E-state index in [2.05, 4.69) is 30.9 Å². The number of likely N-dealkylation sites (N-methyl/N-ethyl adjacent to an activating group) is 1. The fraction of sp³-hybridized carbons (Fsp3) is 0.400. The summed E-state index contributed by atoms with van der Waals surface area (Å²) in [5.41, 5.74) is 0.887. The molecule has 0 fully saturated rings. The zero-order valence-electron chi connectivity index (χ0n) is 8.81. The van der Waals surface area contributed by atoms with Gasteiger partial charge in [0.05, 0.1) is 0 Å². The Kier molecular flexibility index (Phi) is 3.02. The molecule has 4 nitrogen and oxygen atoms in total. The maximum absolute atomic E-state index is 4.44. The van der Waals surface area contributed by atoms with E-state index in [0.29, 0.717) is 0 Å². The monoisotopic (exact) mass is 268 g/mol. The first-order valence-electron chi connectivity index (χ1n) is 4.82. The molecule has 2 aromatic rings. The SMILES string of the molecule is CN(C)CCc1nc2cccc(Br)n2n1. The molecule has 0 unspecified atom stereocenters. The van der Waals surface area contributed by atoms with Gasteiger partial charge in [-0.15, -0.1) is 0 Å². The van der Waals surface area contributed by atoms with Crippen LogP contribution in [0.3, 0.4) is 0 Å². The van der Waals surface area contributed by atoms with Crippen molar-refractivity contribution in [2.24, 2.45) is 0 Å². The Morgan fingerprint density at radius 3 is 2.87 bits per heavy atom. The van der Waals surface area contributed by atoms with Gasteiger partial charge in [-0.3, -0.25) is 0 Å². The van der Waals surface area contributed by atoms with Gasteiger partial charge in [0.2, 0.25) is 0 Å². The van der Waals surface area contributed by atoms with Crippen LogP contribution in [0, 0.1) is 0 Å². The summed E-state index contributed by atoms with van der Waals surface area (Å²) in [6, 6.07) is 5.87. The molecule has 2 heterocycles. The van der Waals surface area contributed by atoms with E-state index in [0.717, 1.165) is 29.0 Å². The maximum Gasteiger partial charge on any atom is 0.156 e. The highest BCUT2D eigenvalue weighted by Crippen LogP contribution is 2.11. The summed E-state index contributed by atoms with van der Waals surface area (Å²) < 4.78 is 2.74. The van der Waals surface area contributed by atoms with Gasteiger partial charge in [-0.05, 0) is 42.2 Å². The van der Waals surface area contributed by atoms with Crippen molar-refractivity contribution >= 4 is 21.6 Å². The van der Waals surface area contributed by atoms with Gasteiger partial charge >= 0.3 is 0 Å². The Morgan fingerprint density at radius 1 is 1.40 bits per heavy atom. The van der Waals surface area contributed by atoms with Crippen LogP contribution >= 0.6 is 15.9 Å². The maximum atomic E-state index is 4.44. The summed E-state index contributed by atoms with van der Waals surface area (Å²) in [6.45, 7) is 0.967. The molecule has 5 heteroatoms. The van der Waals surface area contributed by atoms with Crippen LogP contribution in [0.15, 0.2) is 22.8 Å². The highest BCUT2D eigenvalue weighted by atomic mass is 79.9.